The van der Waals surface area contributed by atoms with Crippen molar-refractivity contribution in [3.63, 3.8) is 0 Å². The molecule has 0 atom stereocenters. The van der Waals surface area contributed by atoms with Crippen molar-refractivity contribution < 1.29 is 13.7 Å². The fourth-order valence-corrected chi connectivity index (χ4v) is 2.04. The second-order valence-corrected chi connectivity index (χ2v) is 4.70. The Morgan fingerprint density at radius 3 is 2.67 bits per heavy atom. The van der Waals surface area contributed by atoms with Gasteiger partial charge in [-0.2, -0.15) is 0 Å². The zero-order valence-electron chi connectivity index (χ0n) is 11.5. The Bertz CT molecular complexity index is 717. The molecule has 0 bridgehead atoms. The van der Waals surface area contributed by atoms with E-state index in [9.17, 15) is 4.79 Å². The first-order valence-corrected chi connectivity index (χ1v) is 6.54. The van der Waals surface area contributed by atoms with Crippen molar-refractivity contribution in [2.45, 2.75) is 6.54 Å². The van der Waals surface area contributed by atoms with Crippen LogP contribution in [-0.4, -0.2) is 23.0 Å². The Kier molecular flexibility index (Phi) is 3.55. The molecule has 3 rings (SSSR count). The second kappa shape index (κ2) is 5.66. The Labute approximate surface area is 121 Å². The van der Waals surface area contributed by atoms with Crippen molar-refractivity contribution in [2.75, 3.05) is 7.05 Å². The van der Waals surface area contributed by atoms with Gasteiger partial charge in [-0.1, -0.05) is 35.5 Å². The number of nitrogens with zero attached hydrogens (tertiary/aromatic N) is 2. The van der Waals surface area contributed by atoms with Crippen LogP contribution in [0.4, 0.5) is 0 Å². The molecule has 0 spiro atoms. The number of carbonyl (C=O) groups excluding carboxylic acids is 1. The molecule has 2 aromatic heterocycles. The lowest BCUT2D eigenvalue weighted by Gasteiger charge is -2.15. The van der Waals surface area contributed by atoms with Gasteiger partial charge >= 0.3 is 0 Å². The zero-order valence-corrected chi connectivity index (χ0v) is 11.5. The van der Waals surface area contributed by atoms with Crippen molar-refractivity contribution in [3.05, 3.63) is 66.1 Å². The SMILES string of the molecule is CN(Cc1ccccc1)C(=O)c1cc(-c2ccco2)on1. The van der Waals surface area contributed by atoms with Gasteiger partial charge in [0.2, 0.25) is 5.76 Å². The molecule has 5 nitrogen and oxygen atoms in total. The van der Waals surface area contributed by atoms with Gasteiger partial charge in [-0.05, 0) is 17.7 Å². The van der Waals surface area contributed by atoms with Crippen molar-refractivity contribution in [2.24, 2.45) is 0 Å². The molecular weight excluding hydrogens is 268 g/mol. The summed E-state index contributed by atoms with van der Waals surface area (Å²) in [6, 6.07) is 14.9. The minimum absolute atomic E-state index is 0.194. The van der Waals surface area contributed by atoms with E-state index in [0.29, 0.717) is 18.1 Å². The Morgan fingerprint density at radius 1 is 1.14 bits per heavy atom. The summed E-state index contributed by atoms with van der Waals surface area (Å²) < 4.78 is 10.3. The highest BCUT2D eigenvalue weighted by Crippen LogP contribution is 2.21. The van der Waals surface area contributed by atoms with E-state index in [-0.39, 0.29) is 11.6 Å². The Balaban J connectivity index is 1.73. The lowest BCUT2D eigenvalue weighted by Crippen LogP contribution is -2.26. The fourth-order valence-electron chi connectivity index (χ4n) is 2.04. The van der Waals surface area contributed by atoms with Crippen LogP contribution in [0.2, 0.25) is 0 Å². The van der Waals surface area contributed by atoms with Gasteiger partial charge in [0, 0.05) is 19.7 Å². The van der Waals surface area contributed by atoms with Crippen molar-refractivity contribution in [3.8, 4) is 11.5 Å². The highest BCUT2D eigenvalue weighted by Gasteiger charge is 2.18. The number of amides is 1. The molecule has 1 amide bonds. The maximum atomic E-state index is 12.3. The molecule has 0 fully saturated rings. The molecule has 3 aromatic rings. The number of hydrogen-bond donors (Lipinski definition) is 0. The normalized spacial score (nSPS) is 10.5. The zero-order chi connectivity index (χ0) is 14.7. The number of hydrogen-bond acceptors (Lipinski definition) is 4. The minimum atomic E-state index is -0.194. The molecule has 0 unspecified atom stereocenters. The van der Waals surface area contributed by atoms with Crippen LogP contribution in [0, 0.1) is 0 Å². The molecule has 106 valence electrons. The van der Waals surface area contributed by atoms with Crippen molar-refractivity contribution >= 4 is 5.91 Å². The number of benzene rings is 1. The van der Waals surface area contributed by atoms with Gasteiger partial charge in [0.25, 0.3) is 5.91 Å². The average molecular weight is 282 g/mol. The van der Waals surface area contributed by atoms with Gasteiger partial charge in [-0.3, -0.25) is 4.79 Å². The molecule has 0 saturated carbocycles. The summed E-state index contributed by atoms with van der Waals surface area (Å²) in [5, 5.41) is 3.81. The van der Waals surface area contributed by atoms with E-state index < -0.39 is 0 Å². The summed E-state index contributed by atoms with van der Waals surface area (Å²) in [7, 11) is 1.73. The first-order valence-electron chi connectivity index (χ1n) is 6.54. The van der Waals surface area contributed by atoms with E-state index in [2.05, 4.69) is 5.16 Å². The number of furan rings is 1. The van der Waals surface area contributed by atoms with Gasteiger partial charge in [-0.25, -0.2) is 0 Å². The molecule has 0 saturated heterocycles. The van der Waals surface area contributed by atoms with Gasteiger partial charge in [0.15, 0.2) is 11.5 Å². The minimum Gasteiger partial charge on any atom is -0.461 e. The molecule has 2 heterocycles. The quantitative estimate of drug-likeness (QED) is 0.737. The summed E-state index contributed by atoms with van der Waals surface area (Å²) in [5.74, 6) is 0.795. The van der Waals surface area contributed by atoms with Crippen molar-refractivity contribution in [1.29, 1.82) is 0 Å². The first kappa shape index (κ1) is 13.2. The van der Waals surface area contributed by atoms with Crippen LogP contribution in [-0.2, 0) is 6.54 Å². The van der Waals surface area contributed by atoms with Gasteiger partial charge < -0.3 is 13.8 Å². The third-order valence-corrected chi connectivity index (χ3v) is 3.10. The van der Waals surface area contributed by atoms with Gasteiger partial charge in [-0.15, -0.1) is 0 Å². The van der Waals surface area contributed by atoms with E-state index in [0.717, 1.165) is 5.56 Å². The van der Waals surface area contributed by atoms with Crippen LogP contribution in [0.1, 0.15) is 16.1 Å². The van der Waals surface area contributed by atoms with Crippen LogP contribution in [0.25, 0.3) is 11.5 Å². The highest BCUT2D eigenvalue weighted by molar-refractivity contribution is 5.92. The summed E-state index contributed by atoms with van der Waals surface area (Å²) in [6.45, 7) is 0.516. The highest BCUT2D eigenvalue weighted by atomic mass is 16.5. The predicted molar refractivity (Wildman–Crippen MR) is 76.4 cm³/mol. The van der Waals surface area contributed by atoms with Gasteiger partial charge in [0.1, 0.15) is 0 Å². The maximum Gasteiger partial charge on any atom is 0.276 e. The largest absolute Gasteiger partial charge is 0.461 e. The van der Waals surface area contributed by atoms with E-state index in [1.54, 1.807) is 36.4 Å². The van der Waals surface area contributed by atoms with Crippen molar-refractivity contribution in [1.82, 2.24) is 10.1 Å². The molecule has 0 aliphatic rings. The predicted octanol–water partition coefficient (Wildman–Crippen LogP) is 3.21. The topological polar surface area (TPSA) is 59.5 Å². The van der Waals surface area contributed by atoms with Crippen LogP contribution in [0.3, 0.4) is 0 Å². The van der Waals surface area contributed by atoms with E-state index in [4.69, 9.17) is 8.94 Å². The third-order valence-electron chi connectivity index (χ3n) is 3.10. The Hall–Kier alpha value is -2.82. The van der Waals surface area contributed by atoms with Gasteiger partial charge in [0.05, 0.1) is 6.26 Å². The molecule has 5 heteroatoms. The average Bonchev–Trinajstić information content (AvgIpc) is 3.18. The first-order chi connectivity index (χ1) is 10.2. The molecule has 0 radical (unpaired) electrons. The Morgan fingerprint density at radius 2 is 1.95 bits per heavy atom. The summed E-state index contributed by atoms with van der Waals surface area (Å²) >= 11 is 0. The molecule has 0 aliphatic heterocycles. The number of rotatable bonds is 4. The summed E-state index contributed by atoms with van der Waals surface area (Å²) in [4.78, 5) is 13.9. The summed E-state index contributed by atoms with van der Waals surface area (Å²) in [6.07, 6.45) is 1.54. The summed E-state index contributed by atoms with van der Waals surface area (Å²) in [5.41, 5.74) is 1.32. The smallest absolute Gasteiger partial charge is 0.276 e. The molecule has 21 heavy (non-hydrogen) atoms. The van der Waals surface area contributed by atoms with E-state index in [1.807, 2.05) is 30.3 Å². The van der Waals surface area contributed by atoms with Crippen LogP contribution < -0.4 is 0 Å². The van der Waals surface area contributed by atoms with E-state index >= 15 is 0 Å². The molecule has 1 aromatic carbocycles. The standard InChI is InChI=1S/C16H14N2O3/c1-18(11-12-6-3-2-4-7-12)16(19)13-10-15(21-17-13)14-8-5-9-20-14/h2-10H,11H2,1H3. The third kappa shape index (κ3) is 2.86. The number of carbonyl (C=O) groups is 1. The lowest BCUT2D eigenvalue weighted by atomic mass is 10.2. The fraction of sp³-hybridized carbons (Fsp3) is 0.125. The van der Waals surface area contributed by atoms with E-state index in [1.165, 1.54) is 0 Å². The van der Waals surface area contributed by atoms with Crippen LogP contribution in [0.15, 0.2) is 63.7 Å². The van der Waals surface area contributed by atoms with Crippen LogP contribution >= 0.6 is 0 Å². The number of aromatic nitrogens is 1. The molecule has 0 aliphatic carbocycles. The second-order valence-electron chi connectivity index (χ2n) is 4.70. The monoisotopic (exact) mass is 282 g/mol. The lowest BCUT2D eigenvalue weighted by molar-refractivity contribution is 0.0775. The molecule has 0 N–H and O–H groups in total. The van der Waals surface area contributed by atoms with Crippen LogP contribution in [0.5, 0.6) is 0 Å². The maximum absolute atomic E-state index is 12.3. The molecular formula is C16H14N2O3.